The third-order valence-corrected chi connectivity index (χ3v) is 3.47. The number of carboxylic acid groups (broad SMARTS) is 1. The highest BCUT2D eigenvalue weighted by atomic mass is 16.6. The molecule has 1 heterocycles. The van der Waals surface area contributed by atoms with E-state index in [4.69, 9.17) is 19.4 Å². The number of fused-ring (bicyclic) bond motifs is 1. The van der Waals surface area contributed by atoms with Gasteiger partial charge in [-0.3, -0.25) is 19.2 Å². The summed E-state index contributed by atoms with van der Waals surface area (Å²) in [5, 5.41) is 6.89. The van der Waals surface area contributed by atoms with Gasteiger partial charge in [0.2, 0.25) is 6.10 Å². The Morgan fingerprint density at radius 1 is 1.08 bits per heavy atom. The average molecular weight is 351 g/mol. The molecule has 0 radical (unpaired) electrons. The van der Waals surface area contributed by atoms with E-state index >= 15 is 0 Å². The molecular weight excluding hydrogens is 330 g/mol. The first-order valence-corrected chi connectivity index (χ1v) is 7.58. The standard InChI is InChI=1S/C16H19NO5.CH2O2/c1-10(21-11(2)18)15(22-12(3)19)16(20)17-8-13-6-4-5-7-14(13)9-17;2-1-3/h4-7,10,15H,8-9H2,1-3H3;1H,(H,2,3)/t10-,15?;/m0./s1. The molecule has 1 aliphatic rings. The molecule has 25 heavy (non-hydrogen) atoms. The number of hydrogen-bond acceptors (Lipinski definition) is 6. The molecule has 0 bridgehead atoms. The van der Waals surface area contributed by atoms with Gasteiger partial charge in [-0.25, -0.2) is 0 Å². The van der Waals surface area contributed by atoms with Crippen LogP contribution in [0.15, 0.2) is 24.3 Å². The number of carbonyl (C=O) groups is 4. The molecule has 1 aromatic rings. The quantitative estimate of drug-likeness (QED) is 0.639. The molecule has 1 unspecified atom stereocenters. The molecule has 8 heteroatoms. The number of rotatable bonds is 4. The lowest BCUT2D eigenvalue weighted by Crippen LogP contribution is -2.45. The van der Waals surface area contributed by atoms with Gasteiger partial charge in [-0.15, -0.1) is 0 Å². The van der Waals surface area contributed by atoms with E-state index in [2.05, 4.69) is 0 Å². The number of hydrogen-bond donors (Lipinski definition) is 1. The second-order valence-electron chi connectivity index (χ2n) is 5.41. The smallest absolute Gasteiger partial charge is 0.303 e. The number of carbonyl (C=O) groups excluding carboxylic acids is 3. The van der Waals surface area contributed by atoms with E-state index in [0.29, 0.717) is 13.1 Å². The molecular formula is C17H21NO7. The highest BCUT2D eigenvalue weighted by molar-refractivity contribution is 5.85. The van der Waals surface area contributed by atoms with Crippen molar-refractivity contribution in [2.75, 3.05) is 0 Å². The third-order valence-electron chi connectivity index (χ3n) is 3.47. The highest BCUT2D eigenvalue weighted by Gasteiger charge is 2.36. The Kier molecular flexibility index (Phi) is 7.58. The van der Waals surface area contributed by atoms with Gasteiger partial charge in [-0.05, 0) is 18.1 Å². The Bertz CT molecular complexity index is 619. The lowest BCUT2D eigenvalue weighted by Gasteiger charge is -2.26. The van der Waals surface area contributed by atoms with Crippen molar-refractivity contribution in [2.24, 2.45) is 0 Å². The summed E-state index contributed by atoms with van der Waals surface area (Å²) in [7, 11) is 0. The molecule has 1 aromatic carbocycles. The molecule has 1 aliphatic heterocycles. The lowest BCUT2D eigenvalue weighted by molar-refractivity contribution is -0.173. The van der Waals surface area contributed by atoms with E-state index in [1.165, 1.54) is 20.8 Å². The minimum Gasteiger partial charge on any atom is -0.483 e. The summed E-state index contributed by atoms with van der Waals surface area (Å²) in [6.45, 7) is 4.67. The fourth-order valence-corrected chi connectivity index (χ4v) is 2.52. The first kappa shape index (κ1) is 20.1. The second kappa shape index (κ2) is 9.41. The van der Waals surface area contributed by atoms with Crippen LogP contribution in [-0.4, -0.2) is 46.5 Å². The molecule has 8 nitrogen and oxygen atoms in total. The fraction of sp³-hybridized carbons (Fsp3) is 0.412. The van der Waals surface area contributed by atoms with E-state index in [9.17, 15) is 14.4 Å². The van der Waals surface area contributed by atoms with E-state index < -0.39 is 24.1 Å². The molecule has 0 aliphatic carbocycles. The molecule has 2 rings (SSSR count). The van der Waals surface area contributed by atoms with Crippen molar-refractivity contribution < 1.29 is 33.8 Å². The maximum Gasteiger partial charge on any atom is 0.303 e. The number of amides is 1. The molecule has 0 saturated carbocycles. The van der Waals surface area contributed by atoms with E-state index in [1.54, 1.807) is 4.90 Å². The second-order valence-corrected chi connectivity index (χ2v) is 5.41. The largest absolute Gasteiger partial charge is 0.483 e. The minimum absolute atomic E-state index is 0.250. The van der Waals surface area contributed by atoms with Crippen LogP contribution in [0.3, 0.4) is 0 Å². The van der Waals surface area contributed by atoms with E-state index in [-0.39, 0.29) is 12.4 Å². The molecule has 136 valence electrons. The molecule has 0 fully saturated rings. The van der Waals surface area contributed by atoms with Crippen LogP contribution in [-0.2, 0) is 41.7 Å². The van der Waals surface area contributed by atoms with E-state index in [1.807, 2.05) is 24.3 Å². The maximum atomic E-state index is 12.6. The van der Waals surface area contributed by atoms with Crippen molar-refractivity contribution in [3.05, 3.63) is 35.4 Å². The van der Waals surface area contributed by atoms with Gasteiger partial charge < -0.3 is 19.5 Å². The van der Waals surface area contributed by atoms with Crippen molar-refractivity contribution in [1.82, 2.24) is 4.90 Å². The van der Waals surface area contributed by atoms with Crippen LogP contribution in [0.2, 0.25) is 0 Å². The Hall–Kier alpha value is -2.90. The zero-order valence-electron chi connectivity index (χ0n) is 14.3. The van der Waals surface area contributed by atoms with Crippen LogP contribution < -0.4 is 0 Å². The SMILES string of the molecule is CC(=O)OC(C(=O)N1Cc2ccccc2C1)[C@H](C)OC(C)=O.O=CO. The summed E-state index contributed by atoms with van der Waals surface area (Å²) in [4.78, 5) is 44.9. The highest BCUT2D eigenvalue weighted by Crippen LogP contribution is 2.24. The van der Waals surface area contributed by atoms with Gasteiger partial charge in [0.15, 0.2) is 0 Å². The maximum absolute atomic E-state index is 12.6. The number of nitrogens with zero attached hydrogens (tertiary/aromatic N) is 1. The zero-order valence-corrected chi connectivity index (χ0v) is 14.3. The van der Waals surface area contributed by atoms with Crippen LogP contribution in [0.25, 0.3) is 0 Å². The van der Waals surface area contributed by atoms with Crippen molar-refractivity contribution in [2.45, 2.75) is 46.1 Å². The van der Waals surface area contributed by atoms with Gasteiger partial charge in [-0.1, -0.05) is 24.3 Å². The fourth-order valence-electron chi connectivity index (χ4n) is 2.52. The van der Waals surface area contributed by atoms with Gasteiger partial charge in [0.05, 0.1) is 0 Å². The van der Waals surface area contributed by atoms with Gasteiger partial charge in [0.25, 0.3) is 12.4 Å². The molecule has 1 amide bonds. The van der Waals surface area contributed by atoms with Crippen molar-refractivity contribution in [1.29, 1.82) is 0 Å². The van der Waals surface area contributed by atoms with Crippen LogP contribution in [0, 0.1) is 0 Å². The first-order chi connectivity index (χ1) is 11.8. The monoisotopic (exact) mass is 351 g/mol. The van der Waals surface area contributed by atoms with Crippen molar-refractivity contribution in [3.8, 4) is 0 Å². The van der Waals surface area contributed by atoms with Crippen molar-refractivity contribution in [3.63, 3.8) is 0 Å². The number of esters is 2. The van der Waals surface area contributed by atoms with Crippen LogP contribution in [0.4, 0.5) is 0 Å². The summed E-state index contributed by atoms with van der Waals surface area (Å²) in [5.74, 6) is -1.48. The average Bonchev–Trinajstić information content (AvgIpc) is 2.95. The predicted molar refractivity (Wildman–Crippen MR) is 86.2 cm³/mol. The summed E-state index contributed by atoms with van der Waals surface area (Å²) in [6, 6.07) is 7.74. The number of benzene rings is 1. The predicted octanol–water partition coefficient (Wildman–Crippen LogP) is 1.11. The van der Waals surface area contributed by atoms with E-state index in [0.717, 1.165) is 11.1 Å². The molecule has 0 aromatic heterocycles. The normalized spacial score (nSPS) is 14.3. The van der Waals surface area contributed by atoms with Gasteiger partial charge >= 0.3 is 11.9 Å². The Morgan fingerprint density at radius 3 is 1.92 bits per heavy atom. The summed E-state index contributed by atoms with van der Waals surface area (Å²) in [5.41, 5.74) is 2.13. The zero-order chi connectivity index (χ0) is 19.0. The topological polar surface area (TPSA) is 110 Å². The minimum atomic E-state index is -1.13. The third kappa shape index (κ3) is 5.91. The Morgan fingerprint density at radius 2 is 1.52 bits per heavy atom. The Balaban J connectivity index is 0.000000970. The molecule has 0 spiro atoms. The summed E-state index contributed by atoms with van der Waals surface area (Å²) >= 11 is 0. The molecule has 1 N–H and O–H groups in total. The lowest BCUT2D eigenvalue weighted by atomic mass is 10.1. The number of ether oxygens (including phenoxy) is 2. The first-order valence-electron chi connectivity index (χ1n) is 7.58. The van der Waals surface area contributed by atoms with Crippen LogP contribution in [0.1, 0.15) is 31.9 Å². The Labute approximate surface area is 145 Å². The van der Waals surface area contributed by atoms with Gasteiger partial charge in [0, 0.05) is 26.9 Å². The summed E-state index contributed by atoms with van der Waals surface area (Å²) in [6.07, 6.45) is -1.96. The van der Waals surface area contributed by atoms with Gasteiger partial charge in [-0.2, -0.15) is 0 Å². The molecule has 0 saturated heterocycles. The molecule has 2 atom stereocenters. The summed E-state index contributed by atoms with van der Waals surface area (Å²) < 4.78 is 10.1. The van der Waals surface area contributed by atoms with Crippen LogP contribution >= 0.6 is 0 Å². The van der Waals surface area contributed by atoms with Crippen molar-refractivity contribution >= 4 is 24.3 Å². The van der Waals surface area contributed by atoms with Crippen LogP contribution in [0.5, 0.6) is 0 Å². The van der Waals surface area contributed by atoms with Gasteiger partial charge in [0.1, 0.15) is 6.10 Å².